The maximum atomic E-state index is 10.2. The Balaban J connectivity index is 2.47. The van der Waals surface area contributed by atoms with Crippen LogP contribution in [0.5, 0.6) is 0 Å². The van der Waals surface area contributed by atoms with E-state index < -0.39 is 0 Å². The van der Waals surface area contributed by atoms with Crippen molar-refractivity contribution in [3.05, 3.63) is 0 Å². The van der Waals surface area contributed by atoms with Crippen molar-refractivity contribution < 1.29 is 5.11 Å². The van der Waals surface area contributed by atoms with E-state index in [0.717, 1.165) is 12.8 Å². The van der Waals surface area contributed by atoms with Gasteiger partial charge >= 0.3 is 0 Å². The molecule has 0 unspecified atom stereocenters. The van der Waals surface area contributed by atoms with Gasteiger partial charge in [-0.2, -0.15) is 0 Å². The van der Waals surface area contributed by atoms with Crippen LogP contribution in [0.15, 0.2) is 0 Å². The zero-order valence-electron chi connectivity index (χ0n) is 10.6. The Kier molecular flexibility index (Phi) is 5.62. The molecule has 1 fully saturated rings. The highest BCUT2D eigenvalue weighted by molar-refractivity contribution is 4.84. The molecule has 2 atom stereocenters. The van der Waals surface area contributed by atoms with Gasteiger partial charge in [0, 0.05) is 6.04 Å². The van der Waals surface area contributed by atoms with Crippen LogP contribution >= 0.6 is 0 Å². The fourth-order valence-corrected chi connectivity index (χ4v) is 2.73. The highest BCUT2D eigenvalue weighted by Gasteiger charge is 2.29. The maximum Gasteiger partial charge on any atom is 0.0697 e. The van der Waals surface area contributed by atoms with Gasteiger partial charge in [-0.25, -0.2) is 0 Å². The summed E-state index contributed by atoms with van der Waals surface area (Å²) >= 11 is 0. The lowest BCUT2D eigenvalue weighted by atomic mass is 9.93. The van der Waals surface area contributed by atoms with Gasteiger partial charge in [0.2, 0.25) is 0 Å². The molecule has 0 radical (unpaired) electrons. The van der Waals surface area contributed by atoms with Crippen molar-refractivity contribution >= 4 is 0 Å². The highest BCUT2D eigenvalue weighted by Crippen LogP contribution is 2.22. The second-order valence-electron chi connectivity index (χ2n) is 5.19. The zero-order valence-corrected chi connectivity index (χ0v) is 10.6. The van der Waals surface area contributed by atoms with Gasteiger partial charge in [0.1, 0.15) is 0 Å². The summed E-state index contributed by atoms with van der Waals surface area (Å²) in [7, 11) is 0. The van der Waals surface area contributed by atoms with Gasteiger partial charge in [-0.3, -0.25) is 4.90 Å². The van der Waals surface area contributed by atoms with Crippen molar-refractivity contribution in [2.75, 3.05) is 13.1 Å². The molecule has 2 nitrogen and oxygen atoms in total. The summed E-state index contributed by atoms with van der Waals surface area (Å²) in [5.74, 6) is 0.565. The van der Waals surface area contributed by atoms with Crippen LogP contribution < -0.4 is 0 Å². The first kappa shape index (κ1) is 13.0. The molecule has 0 spiro atoms. The molecular weight excluding hydrogens is 186 g/mol. The molecule has 0 bridgehead atoms. The van der Waals surface area contributed by atoms with E-state index in [2.05, 4.69) is 25.7 Å². The summed E-state index contributed by atoms with van der Waals surface area (Å²) in [5, 5.41) is 10.2. The summed E-state index contributed by atoms with van der Waals surface area (Å²) in [5.41, 5.74) is 0. The van der Waals surface area contributed by atoms with Crippen LogP contribution in [0.2, 0.25) is 0 Å². The van der Waals surface area contributed by atoms with Crippen LogP contribution in [0, 0.1) is 5.92 Å². The van der Waals surface area contributed by atoms with Gasteiger partial charge in [0.05, 0.1) is 6.10 Å². The van der Waals surface area contributed by atoms with E-state index in [1.54, 1.807) is 0 Å². The van der Waals surface area contributed by atoms with Crippen molar-refractivity contribution in [1.82, 2.24) is 4.90 Å². The minimum Gasteiger partial charge on any atom is -0.391 e. The Morgan fingerprint density at radius 3 is 2.27 bits per heavy atom. The van der Waals surface area contributed by atoms with E-state index in [1.165, 1.54) is 32.4 Å². The van der Waals surface area contributed by atoms with E-state index in [4.69, 9.17) is 0 Å². The number of unbranched alkanes of at least 4 members (excludes halogenated alkanes) is 1. The fraction of sp³-hybridized carbons (Fsp3) is 1.00. The van der Waals surface area contributed by atoms with Crippen LogP contribution in [0.4, 0.5) is 0 Å². The van der Waals surface area contributed by atoms with Gasteiger partial charge < -0.3 is 5.11 Å². The number of rotatable bonds is 6. The first-order valence-electron chi connectivity index (χ1n) is 6.59. The third-order valence-electron chi connectivity index (χ3n) is 3.49. The van der Waals surface area contributed by atoms with E-state index in [-0.39, 0.29) is 6.10 Å². The van der Waals surface area contributed by atoms with Crippen molar-refractivity contribution in [3.8, 4) is 0 Å². The Morgan fingerprint density at radius 2 is 1.80 bits per heavy atom. The number of hydrogen-bond acceptors (Lipinski definition) is 2. The molecule has 0 aromatic heterocycles. The van der Waals surface area contributed by atoms with Gasteiger partial charge in [-0.1, -0.05) is 33.6 Å². The van der Waals surface area contributed by atoms with Crippen molar-refractivity contribution in [3.63, 3.8) is 0 Å². The molecule has 15 heavy (non-hydrogen) atoms. The molecule has 2 heteroatoms. The lowest BCUT2D eigenvalue weighted by molar-refractivity contribution is 0.0296. The number of likely N-dealkylation sites (tertiary alicyclic amines) is 1. The van der Waals surface area contributed by atoms with Crippen LogP contribution in [0.1, 0.15) is 52.9 Å². The van der Waals surface area contributed by atoms with Crippen LogP contribution in [0.25, 0.3) is 0 Å². The highest BCUT2D eigenvalue weighted by atomic mass is 16.3. The SMILES string of the molecule is CCCC[C@@H](O)[C@H](C(C)C)N1CCCC1. The van der Waals surface area contributed by atoms with Crippen molar-refractivity contribution in [2.45, 2.75) is 65.0 Å². The molecule has 1 rings (SSSR count). The summed E-state index contributed by atoms with van der Waals surface area (Å²) in [6.07, 6.45) is 5.80. The number of aliphatic hydroxyl groups excluding tert-OH is 1. The van der Waals surface area contributed by atoms with E-state index in [9.17, 15) is 5.11 Å². The third-order valence-corrected chi connectivity index (χ3v) is 3.49. The largest absolute Gasteiger partial charge is 0.391 e. The van der Waals surface area contributed by atoms with Gasteiger partial charge in [0.25, 0.3) is 0 Å². The monoisotopic (exact) mass is 213 g/mol. The molecule has 1 aliphatic heterocycles. The molecule has 0 aromatic carbocycles. The third kappa shape index (κ3) is 3.76. The average molecular weight is 213 g/mol. The number of nitrogens with zero attached hydrogens (tertiary/aromatic N) is 1. The molecule has 90 valence electrons. The Labute approximate surface area is 94.7 Å². The molecule has 1 N–H and O–H groups in total. The van der Waals surface area contributed by atoms with Gasteiger partial charge in [0.15, 0.2) is 0 Å². The number of aliphatic hydroxyl groups is 1. The Morgan fingerprint density at radius 1 is 1.20 bits per heavy atom. The summed E-state index contributed by atoms with van der Waals surface area (Å²) in [4.78, 5) is 2.49. The lowest BCUT2D eigenvalue weighted by Gasteiger charge is -2.34. The van der Waals surface area contributed by atoms with Crippen LogP contribution in [0.3, 0.4) is 0 Å². The van der Waals surface area contributed by atoms with Gasteiger partial charge in [-0.15, -0.1) is 0 Å². The predicted octanol–water partition coefficient (Wildman–Crippen LogP) is 2.66. The average Bonchev–Trinajstić information content (AvgIpc) is 2.67. The normalized spacial score (nSPS) is 22.2. The van der Waals surface area contributed by atoms with Crippen molar-refractivity contribution in [1.29, 1.82) is 0 Å². The quantitative estimate of drug-likeness (QED) is 0.733. The fourth-order valence-electron chi connectivity index (χ4n) is 2.73. The molecule has 1 heterocycles. The first-order valence-corrected chi connectivity index (χ1v) is 6.59. The minimum atomic E-state index is -0.122. The van der Waals surface area contributed by atoms with E-state index >= 15 is 0 Å². The first-order chi connectivity index (χ1) is 7.16. The molecule has 1 aliphatic rings. The van der Waals surface area contributed by atoms with Crippen LogP contribution in [-0.4, -0.2) is 35.2 Å². The molecule has 1 saturated heterocycles. The lowest BCUT2D eigenvalue weighted by Crippen LogP contribution is -2.45. The molecule has 0 aromatic rings. The number of hydrogen-bond donors (Lipinski definition) is 1. The van der Waals surface area contributed by atoms with E-state index in [1.807, 2.05) is 0 Å². The molecule has 0 amide bonds. The molecule has 0 saturated carbocycles. The Bertz CT molecular complexity index is 164. The zero-order chi connectivity index (χ0) is 11.3. The minimum absolute atomic E-state index is 0.122. The summed E-state index contributed by atoms with van der Waals surface area (Å²) in [6, 6.07) is 0.388. The molecule has 0 aliphatic carbocycles. The Hall–Kier alpha value is -0.0800. The van der Waals surface area contributed by atoms with Gasteiger partial charge in [-0.05, 0) is 38.3 Å². The smallest absolute Gasteiger partial charge is 0.0697 e. The predicted molar refractivity (Wildman–Crippen MR) is 65.0 cm³/mol. The van der Waals surface area contributed by atoms with Crippen LogP contribution in [-0.2, 0) is 0 Å². The van der Waals surface area contributed by atoms with Crippen molar-refractivity contribution in [2.24, 2.45) is 5.92 Å². The second kappa shape index (κ2) is 6.49. The standard InChI is InChI=1S/C13H27NO/c1-4-5-8-12(15)13(11(2)3)14-9-6-7-10-14/h11-13,15H,4-10H2,1-3H3/t12-,13+/m1/s1. The molecular formula is C13H27NO. The topological polar surface area (TPSA) is 23.5 Å². The summed E-state index contributed by atoms with van der Waals surface area (Å²) < 4.78 is 0. The summed E-state index contributed by atoms with van der Waals surface area (Å²) in [6.45, 7) is 9.03. The maximum absolute atomic E-state index is 10.2. The second-order valence-corrected chi connectivity index (χ2v) is 5.19. The van der Waals surface area contributed by atoms with E-state index in [0.29, 0.717) is 12.0 Å².